The van der Waals surface area contributed by atoms with E-state index < -0.39 is 17.8 Å². The number of carbonyl (C=O) groups excluding carboxylic acids is 2. The van der Waals surface area contributed by atoms with Crippen molar-refractivity contribution in [2.24, 2.45) is 5.92 Å². The van der Waals surface area contributed by atoms with Gasteiger partial charge in [0.15, 0.2) is 5.78 Å². The van der Waals surface area contributed by atoms with Gasteiger partial charge < -0.3 is 19.5 Å². The van der Waals surface area contributed by atoms with Crippen molar-refractivity contribution < 1.29 is 23.8 Å². The molecule has 0 saturated carbocycles. The van der Waals surface area contributed by atoms with E-state index in [4.69, 9.17) is 14.2 Å². The minimum absolute atomic E-state index is 0.0421. The second-order valence-electron chi connectivity index (χ2n) is 6.63. The Bertz CT molecular complexity index is 811. The first-order valence-electron chi connectivity index (χ1n) is 9.12. The van der Waals surface area contributed by atoms with Crippen LogP contribution in [-0.4, -0.2) is 32.6 Å². The molecule has 27 heavy (non-hydrogen) atoms. The zero-order valence-corrected chi connectivity index (χ0v) is 16.0. The summed E-state index contributed by atoms with van der Waals surface area (Å²) in [5, 5.41) is 3.20. The van der Waals surface area contributed by atoms with Gasteiger partial charge in [0.2, 0.25) is 0 Å². The zero-order valence-electron chi connectivity index (χ0n) is 16.0. The van der Waals surface area contributed by atoms with Gasteiger partial charge in [-0.2, -0.15) is 0 Å². The van der Waals surface area contributed by atoms with Gasteiger partial charge in [-0.15, -0.1) is 0 Å². The van der Waals surface area contributed by atoms with Crippen LogP contribution in [0.4, 0.5) is 0 Å². The molecule has 1 N–H and O–H groups in total. The van der Waals surface area contributed by atoms with Crippen LogP contribution in [0.15, 0.2) is 41.7 Å². The number of hydrogen-bond acceptors (Lipinski definition) is 6. The van der Waals surface area contributed by atoms with Crippen LogP contribution in [0.2, 0.25) is 0 Å². The van der Waals surface area contributed by atoms with Gasteiger partial charge >= 0.3 is 5.97 Å². The standard InChI is InChI=1S/C21H25NO5/c1-5-27-21(24)18-12(2)22-15-7-6-8-16(23)20(15)19(18)14-11-13(25-3)9-10-17(14)26-4/h9-11,18-19,22H,2,5-8H2,1,3-4H3. The number of ether oxygens (including phenoxy) is 3. The SMILES string of the molecule is C=C1NC2=C(C(=O)CCC2)C(c2cc(OC)ccc2OC)C1C(=O)OCC. The molecule has 6 heteroatoms. The lowest BCUT2D eigenvalue weighted by Crippen LogP contribution is -2.41. The van der Waals surface area contributed by atoms with Gasteiger partial charge in [-0.25, -0.2) is 0 Å². The molecule has 144 valence electrons. The van der Waals surface area contributed by atoms with Crippen molar-refractivity contribution >= 4 is 11.8 Å². The molecular formula is C21H25NO5. The van der Waals surface area contributed by atoms with Gasteiger partial charge in [0.25, 0.3) is 0 Å². The number of hydrogen-bond donors (Lipinski definition) is 1. The van der Waals surface area contributed by atoms with Gasteiger partial charge in [-0.1, -0.05) is 6.58 Å². The van der Waals surface area contributed by atoms with E-state index >= 15 is 0 Å². The number of carbonyl (C=O) groups is 2. The molecule has 6 nitrogen and oxygen atoms in total. The maximum Gasteiger partial charge on any atom is 0.315 e. The predicted octanol–water partition coefficient (Wildman–Crippen LogP) is 3.09. The highest BCUT2D eigenvalue weighted by Crippen LogP contribution is 2.47. The highest BCUT2D eigenvalue weighted by molar-refractivity contribution is 6.00. The predicted molar refractivity (Wildman–Crippen MR) is 101 cm³/mol. The maximum absolute atomic E-state index is 12.8. The lowest BCUT2D eigenvalue weighted by atomic mass is 9.71. The third-order valence-electron chi connectivity index (χ3n) is 5.10. The highest BCUT2D eigenvalue weighted by atomic mass is 16.5. The van der Waals surface area contributed by atoms with Crippen LogP contribution in [0, 0.1) is 5.92 Å². The van der Waals surface area contributed by atoms with E-state index in [1.165, 1.54) is 0 Å². The summed E-state index contributed by atoms with van der Waals surface area (Å²) in [4.78, 5) is 25.6. The Hall–Kier alpha value is -2.76. The monoisotopic (exact) mass is 371 g/mol. The Morgan fingerprint density at radius 1 is 1.26 bits per heavy atom. The second-order valence-corrected chi connectivity index (χ2v) is 6.63. The molecule has 1 aliphatic carbocycles. The molecular weight excluding hydrogens is 346 g/mol. The first kappa shape index (κ1) is 19.0. The molecule has 1 aliphatic heterocycles. The smallest absolute Gasteiger partial charge is 0.315 e. The molecule has 0 aromatic heterocycles. The summed E-state index contributed by atoms with van der Waals surface area (Å²) in [6, 6.07) is 5.39. The number of methoxy groups -OCH3 is 2. The summed E-state index contributed by atoms with van der Waals surface area (Å²) < 4.78 is 16.2. The minimum atomic E-state index is -0.716. The van der Waals surface area contributed by atoms with Gasteiger partial charge in [-0.3, -0.25) is 9.59 Å². The number of Topliss-reactive ketones (excluding diaryl/α,β-unsaturated/α-hetero) is 1. The molecule has 2 aliphatic rings. The molecule has 1 heterocycles. The van der Waals surface area contributed by atoms with E-state index in [0.29, 0.717) is 29.2 Å². The maximum atomic E-state index is 12.8. The van der Waals surface area contributed by atoms with Crippen molar-refractivity contribution in [2.75, 3.05) is 20.8 Å². The van der Waals surface area contributed by atoms with Crippen LogP contribution in [0.3, 0.4) is 0 Å². The average molecular weight is 371 g/mol. The second kappa shape index (κ2) is 7.86. The number of nitrogens with one attached hydrogen (secondary N) is 1. The number of ketones is 1. The largest absolute Gasteiger partial charge is 0.497 e. The fourth-order valence-corrected chi connectivity index (χ4v) is 3.92. The number of esters is 1. The third kappa shape index (κ3) is 3.44. The Morgan fingerprint density at radius 2 is 2.04 bits per heavy atom. The zero-order chi connectivity index (χ0) is 19.6. The van der Waals surface area contributed by atoms with E-state index in [9.17, 15) is 9.59 Å². The Labute approximate surface area is 159 Å². The fourth-order valence-electron chi connectivity index (χ4n) is 3.92. The summed E-state index contributed by atoms with van der Waals surface area (Å²) in [5.74, 6) is -0.384. The Balaban J connectivity index is 2.23. The lowest BCUT2D eigenvalue weighted by molar-refractivity contribution is -0.147. The van der Waals surface area contributed by atoms with Gasteiger partial charge in [-0.05, 0) is 38.0 Å². The molecule has 0 amide bonds. The molecule has 0 bridgehead atoms. The normalized spacial score (nSPS) is 22.0. The van der Waals surface area contributed by atoms with Crippen LogP contribution < -0.4 is 14.8 Å². The molecule has 2 atom stereocenters. The summed E-state index contributed by atoms with van der Waals surface area (Å²) in [6.45, 7) is 6.07. The third-order valence-corrected chi connectivity index (χ3v) is 5.10. The average Bonchev–Trinajstić information content (AvgIpc) is 2.66. The molecule has 1 aromatic carbocycles. The van der Waals surface area contributed by atoms with E-state index in [0.717, 1.165) is 24.1 Å². The van der Waals surface area contributed by atoms with Crippen molar-refractivity contribution in [1.29, 1.82) is 0 Å². The van der Waals surface area contributed by atoms with Crippen LogP contribution in [0.1, 0.15) is 37.7 Å². The van der Waals surface area contributed by atoms with Crippen molar-refractivity contribution in [3.8, 4) is 11.5 Å². The van der Waals surface area contributed by atoms with Crippen LogP contribution in [-0.2, 0) is 14.3 Å². The first-order chi connectivity index (χ1) is 13.0. The van der Waals surface area contributed by atoms with Crippen molar-refractivity contribution in [3.63, 3.8) is 0 Å². The number of allylic oxidation sites excluding steroid dienone is 2. The van der Waals surface area contributed by atoms with Crippen molar-refractivity contribution in [3.05, 3.63) is 47.3 Å². The van der Waals surface area contributed by atoms with Crippen LogP contribution in [0.5, 0.6) is 11.5 Å². The van der Waals surface area contributed by atoms with Gasteiger partial charge in [0, 0.05) is 34.9 Å². The topological polar surface area (TPSA) is 73.9 Å². The number of rotatable bonds is 5. The van der Waals surface area contributed by atoms with Crippen LogP contribution >= 0.6 is 0 Å². The minimum Gasteiger partial charge on any atom is -0.497 e. The van der Waals surface area contributed by atoms with Gasteiger partial charge in [0.1, 0.15) is 17.4 Å². The van der Waals surface area contributed by atoms with Gasteiger partial charge in [0.05, 0.1) is 20.8 Å². The van der Waals surface area contributed by atoms with Crippen molar-refractivity contribution in [2.45, 2.75) is 32.1 Å². The van der Waals surface area contributed by atoms with E-state index in [1.807, 2.05) is 6.07 Å². The molecule has 0 fully saturated rings. The van der Waals surface area contributed by atoms with E-state index in [1.54, 1.807) is 33.3 Å². The summed E-state index contributed by atoms with van der Waals surface area (Å²) in [7, 11) is 3.14. The van der Waals surface area contributed by atoms with E-state index in [-0.39, 0.29) is 12.4 Å². The number of benzene rings is 1. The molecule has 0 saturated heterocycles. The fraction of sp³-hybridized carbons (Fsp3) is 0.429. The molecule has 0 spiro atoms. The lowest BCUT2D eigenvalue weighted by Gasteiger charge is -2.38. The molecule has 3 rings (SSSR count). The quantitative estimate of drug-likeness (QED) is 0.802. The van der Waals surface area contributed by atoms with Crippen LogP contribution in [0.25, 0.3) is 0 Å². The summed E-state index contributed by atoms with van der Waals surface area (Å²) in [6.07, 6.45) is 1.99. The first-order valence-corrected chi connectivity index (χ1v) is 9.12. The Kier molecular flexibility index (Phi) is 5.54. The summed E-state index contributed by atoms with van der Waals surface area (Å²) >= 11 is 0. The van der Waals surface area contributed by atoms with E-state index in [2.05, 4.69) is 11.9 Å². The summed E-state index contributed by atoms with van der Waals surface area (Å²) in [5.41, 5.74) is 2.72. The highest BCUT2D eigenvalue weighted by Gasteiger charge is 2.45. The molecule has 0 radical (unpaired) electrons. The molecule has 1 aromatic rings. The molecule has 2 unspecified atom stereocenters. The van der Waals surface area contributed by atoms with Crippen molar-refractivity contribution in [1.82, 2.24) is 5.32 Å². The Morgan fingerprint density at radius 3 is 2.70 bits per heavy atom.